The van der Waals surface area contributed by atoms with Gasteiger partial charge in [0.2, 0.25) is 11.8 Å². The van der Waals surface area contributed by atoms with E-state index in [0.717, 1.165) is 11.1 Å². The molecule has 0 radical (unpaired) electrons. The highest BCUT2D eigenvalue weighted by atomic mass is 16.5. The lowest BCUT2D eigenvalue weighted by Gasteiger charge is -2.24. The second-order valence-electron chi connectivity index (χ2n) is 9.12. The molecule has 0 saturated carbocycles. The van der Waals surface area contributed by atoms with E-state index in [1.165, 1.54) is 0 Å². The van der Waals surface area contributed by atoms with Crippen molar-refractivity contribution in [3.8, 4) is 0 Å². The number of rotatable bonds is 19. The van der Waals surface area contributed by atoms with E-state index >= 15 is 0 Å². The van der Waals surface area contributed by atoms with E-state index in [0.29, 0.717) is 19.3 Å². The van der Waals surface area contributed by atoms with Crippen LogP contribution in [0, 0.1) is 11.8 Å². The van der Waals surface area contributed by atoms with Crippen LogP contribution in [0.15, 0.2) is 86.0 Å². The van der Waals surface area contributed by atoms with Gasteiger partial charge in [-0.2, -0.15) is 0 Å². The highest BCUT2D eigenvalue weighted by Crippen LogP contribution is 2.20. The van der Waals surface area contributed by atoms with Gasteiger partial charge in [-0.3, -0.25) is 14.4 Å². The van der Waals surface area contributed by atoms with Crippen molar-refractivity contribution in [1.29, 1.82) is 0 Å². The average molecular weight is 537 g/mol. The van der Waals surface area contributed by atoms with Gasteiger partial charge in [-0.05, 0) is 30.4 Å². The molecule has 0 heterocycles. The molecule has 210 valence electrons. The number of ether oxygens (including phenoxy) is 2. The molecule has 2 amide bonds. The van der Waals surface area contributed by atoms with Crippen molar-refractivity contribution in [3.05, 3.63) is 97.1 Å². The number of amides is 2. The largest absolute Gasteiger partial charge is 0.463 e. The lowest BCUT2D eigenvalue weighted by atomic mass is 9.96. The van der Waals surface area contributed by atoms with Crippen molar-refractivity contribution in [1.82, 2.24) is 10.6 Å². The van der Waals surface area contributed by atoms with E-state index in [9.17, 15) is 14.4 Å². The number of nitrogens with one attached hydrogen (secondary N) is 2. The Hall–Kier alpha value is -3.75. The first-order chi connectivity index (χ1) is 19.0. The maximum atomic E-state index is 13.2. The fraction of sp³-hybridized carbons (Fsp3) is 0.387. The first-order valence-electron chi connectivity index (χ1n) is 13.2. The molecule has 0 aliphatic carbocycles. The first kappa shape index (κ1) is 31.5. The van der Waals surface area contributed by atoms with Gasteiger partial charge in [0.1, 0.15) is 6.61 Å². The molecule has 0 saturated heterocycles. The van der Waals surface area contributed by atoms with Gasteiger partial charge in [0.25, 0.3) is 0 Å². The normalized spacial score (nSPS) is 12.9. The second-order valence-corrected chi connectivity index (χ2v) is 9.12. The van der Waals surface area contributed by atoms with Crippen LogP contribution in [0.1, 0.15) is 36.4 Å². The van der Waals surface area contributed by atoms with Crippen LogP contribution in [0.4, 0.5) is 0 Å². The highest BCUT2D eigenvalue weighted by Gasteiger charge is 2.26. The van der Waals surface area contributed by atoms with Gasteiger partial charge in [0, 0.05) is 13.0 Å². The molecular weight excluding hydrogens is 496 g/mol. The van der Waals surface area contributed by atoms with Gasteiger partial charge in [-0.1, -0.05) is 72.8 Å². The van der Waals surface area contributed by atoms with Crippen LogP contribution >= 0.6 is 0 Å². The number of carbonyl (C=O) groups excluding carboxylic acids is 3. The fourth-order valence-electron chi connectivity index (χ4n) is 4.05. The zero-order chi connectivity index (χ0) is 28.3. The maximum Gasteiger partial charge on any atom is 0.309 e. The Balaban J connectivity index is 2.04. The smallest absolute Gasteiger partial charge is 0.309 e. The molecule has 3 N–H and O–H groups in total. The number of allylic oxidation sites excluding steroid dienone is 2. The van der Waals surface area contributed by atoms with E-state index in [-0.39, 0.29) is 57.2 Å². The average Bonchev–Trinajstić information content (AvgIpc) is 2.95. The van der Waals surface area contributed by atoms with Crippen LogP contribution in [0.3, 0.4) is 0 Å². The monoisotopic (exact) mass is 536 g/mol. The zero-order valence-electron chi connectivity index (χ0n) is 22.4. The molecule has 0 aliphatic rings. The number of hydrogen-bond donors (Lipinski definition) is 3. The molecule has 8 nitrogen and oxygen atoms in total. The van der Waals surface area contributed by atoms with Gasteiger partial charge in [0.05, 0.1) is 37.7 Å². The summed E-state index contributed by atoms with van der Waals surface area (Å²) in [4.78, 5) is 38.7. The van der Waals surface area contributed by atoms with E-state index in [1.807, 2.05) is 60.7 Å². The Morgan fingerprint density at radius 1 is 0.897 bits per heavy atom. The second kappa shape index (κ2) is 18.5. The van der Waals surface area contributed by atoms with Crippen LogP contribution in [-0.4, -0.2) is 55.9 Å². The lowest BCUT2D eigenvalue weighted by molar-refractivity contribution is -0.150. The van der Waals surface area contributed by atoms with Crippen molar-refractivity contribution >= 4 is 17.8 Å². The number of hydrogen-bond acceptors (Lipinski definition) is 6. The number of esters is 1. The number of carbonyl (C=O) groups is 3. The van der Waals surface area contributed by atoms with Crippen molar-refractivity contribution in [2.75, 3.05) is 33.0 Å². The third-order valence-electron chi connectivity index (χ3n) is 6.08. The van der Waals surface area contributed by atoms with E-state index in [2.05, 4.69) is 23.8 Å². The van der Waals surface area contributed by atoms with Crippen molar-refractivity contribution in [2.24, 2.45) is 11.8 Å². The molecule has 0 aromatic heterocycles. The standard InChI is InChI=1S/C31H40N2O6/c1-3-11-26(22-29(35)32-17-19-38-20-18-34)30(36)33-28(25-15-9-6-10-16-25)23-39-31(37)27(12-4-2)21-24-13-7-5-8-14-24/h3-10,13-16,26-28,34H,1-2,11-12,17-23H2,(H,32,35)(H,33,36)/t26-,27+,28-/m1/s1. The van der Waals surface area contributed by atoms with Crippen LogP contribution in [0.5, 0.6) is 0 Å². The minimum absolute atomic E-state index is 0.0301. The summed E-state index contributed by atoms with van der Waals surface area (Å²) in [6.07, 6.45) is 4.57. The Kier molecular flexibility index (Phi) is 14.9. The number of aliphatic hydroxyl groups is 1. The Morgan fingerprint density at radius 2 is 1.54 bits per heavy atom. The molecule has 0 unspecified atom stereocenters. The minimum atomic E-state index is -0.644. The van der Waals surface area contributed by atoms with Crippen LogP contribution in [0.2, 0.25) is 0 Å². The summed E-state index contributed by atoms with van der Waals surface area (Å²) in [7, 11) is 0. The predicted octanol–water partition coefficient (Wildman–Crippen LogP) is 3.53. The van der Waals surface area contributed by atoms with E-state index in [4.69, 9.17) is 14.6 Å². The molecule has 2 aromatic rings. The van der Waals surface area contributed by atoms with Crippen molar-refractivity contribution < 1.29 is 29.0 Å². The van der Waals surface area contributed by atoms with E-state index < -0.39 is 17.9 Å². The molecule has 3 atom stereocenters. The predicted molar refractivity (Wildman–Crippen MR) is 151 cm³/mol. The molecule has 39 heavy (non-hydrogen) atoms. The molecular formula is C31H40N2O6. The minimum Gasteiger partial charge on any atom is -0.463 e. The molecule has 0 aliphatic heterocycles. The van der Waals surface area contributed by atoms with Gasteiger partial charge in [0.15, 0.2) is 0 Å². The summed E-state index contributed by atoms with van der Waals surface area (Å²) in [5, 5.41) is 14.4. The Labute approximate surface area is 231 Å². The molecule has 8 heteroatoms. The van der Waals surface area contributed by atoms with Gasteiger partial charge in [-0.15, -0.1) is 13.2 Å². The zero-order valence-corrected chi connectivity index (χ0v) is 22.4. The molecule has 2 rings (SSSR count). The SMILES string of the molecule is C=CC[C@H](CC(=O)NCCOCCO)C(=O)N[C@H](COC(=O)[C@@H](CC=C)Cc1ccccc1)c1ccccc1. The summed E-state index contributed by atoms with van der Waals surface area (Å²) in [5.74, 6) is -2.02. The molecule has 0 spiro atoms. The summed E-state index contributed by atoms with van der Waals surface area (Å²) in [6.45, 7) is 8.10. The van der Waals surface area contributed by atoms with Crippen molar-refractivity contribution in [3.63, 3.8) is 0 Å². The van der Waals surface area contributed by atoms with Gasteiger partial charge in [-0.25, -0.2) is 0 Å². The summed E-state index contributed by atoms with van der Waals surface area (Å²) in [6, 6.07) is 18.4. The quantitative estimate of drug-likeness (QED) is 0.144. The van der Waals surface area contributed by atoms with Crippen LogP contribution in [0.25, 0.3) is 0 Å². The van der Waals surface area contributed by atoms with Crippen LogP contribution < -0.4 is 10.6 Å². The number of aliphatic hydroxyl groups excluding tert-OH is 1. The molecule has 0 fully saturated rings. The maximum absolute atomic E-state index is 13.2. The van der Waals surface area contributed by atoms with Gasteiger partial charge >= 0.3 is 5.97 Å². The molecule has 0 bridgehead atoms. The summed E-state index contributed by atoms with van der Waals surface area (Å²) >= 11 is 0. The summed E-state index contributed by atoms with van der Waals surface area (Å²) in [5.41, 5.74) is 1.81. The number of benzene rings is 2. The summed E-state index contributed by atoms with van der Waals surface area (Å²) < 4.78 is 10.9. The topological polar surface area (TPSA) is 114 Å². The van der Waals surface area contributed by atoms with Gasteiger partial charge < -0.3 is 25.2 Å². The van der Waals surface area contributed by atoms with E-state index in [1.54, 1.807) is 12.2 Å². The van der Waals surface area contributed by atoms with Crippen molar-refractivity contribution in [2.45, 2.75) is 31.7 Å². The molecule has 2 aromatic carbocycles. The first-order valence-corrected chi connectivity index (χ1v) is 13.2. The Morgan fingerprint density at radius 3 is 2.18 bits per heavy atom. The fourth-order valence-corrected chi connectivity index (χ4v) is 4.05. The lowest BCUT2D eigenvalue weighted by Crippen LogP contribution is -2.39. The van der Waals surface area contributed by atoms with Crippen LogP contribution in [-0.2, 0) is 30.3 Å². The third-order valence-corrected chi connectivity index (χ3v) is 6.08. The highest BCUT2D eigenvalue weighted by molar-refractivity contribution is 5.86. The third kappa shape index (κ3) is 12.1. The Bertz CT molecular complexity index is 1030.